The molecule has 0 bridgehead atoms. The van der Waals surface area contributed by atoms with E-state index in [1.807, 2.05) is 6.92 Å². The molecular weight excluding hydrogens is 279 g/mol. The van der Waals surface area contributed by atoms with Gasteiger partial charge in [0.1, 0.15) is 24.3 Å². The highest BCUT2D eigenvalue weighted by Crippen LogP contribution is 2.26. The van der Waals surface area contributed by atoms with Gasteiger partial charge in [-0.15, -0.1) is 0 Å². The predicted molar refractivity (Wildman–Crippen MR) is 75.8 cm³/mol. The zero-order valence-electron chi connectivity index (χ0n) is 12.6. The second-order valence-corrected chi connectivity index (χ2v) is 4.92. The van der Waals surface area contributed by atoms with Gasteiger partial charge in [0.2, 0.25) is 0 Å². The van der Waals surface area contributed by atoms with Crippen LogP contribution in [-0.2, 0) is 9.47 Å². The van der Waals surface area contributed by atoms with Gasteiger partial charge >= 0.3 is 0 Å². The fraction of sp³-hybridized carbons (Fsp3) is 0.600. The molecule has 0 saturated heterocycles. The minimum Gasteiger partial charge on any atom is -0.490 e. The Kier molecular flexibility index (Phi) is 7.60. The van der Waals surface area contributed by atoms with E-state index in [0.29, 0.717) is 12.2 Å². The van der Waals surface area contributed by atoms with Gasteiger partial charge in [0, 0.05) is 18.7 Å². The molecule has 120 valence electrons. The maximum Gasteiger partial charge on any atom is 0.128 e. The summed E-state index contributed by atoms with van der Waals surface area (Å²) in [6, 6.07) is 3.89. The van der Waals surface area contributed by atoms with Crippen LogP contribution in [0.2, 0.25) is 0 Å². The molecule has 0 aliphatic carbocycles. The van der Waals surface area contributed by atoms with Gasteiger partial charge in [-0.1, -0.05) is 0 Å². The summed E-state index contributed by atoms with van der Waals surface area (Å²) >= 11 is 0. The summed E-state index contributed by atoms with van der Waals surface area (Å²) in [6.07, 6.45) is -1.77. The molecule has 1 aromatic rings. The number of halogens is 1. The molecule has 2 N–H and O–H groups in total. The molecule has 0 fully saturated rings. The van der Waals surface area contributed by atoms with E-state index >= 15 is 0 Å². The lowest BCUT2D eigenvalue weighted by molar-refractivity contribution is -0.0425. The molecule has 1 aromatic carbocycles. The molecule has 3 atom stereocenters. The third-order valence-corrected chi connectivity index (χ3v) is 2.83. The van der Waals surface area contributed by atoms with Gasteiger partial charge in [-0.05, 0) is 26.0 Å². The van der Waals surface area contributed by atoms with Crippen LogP contribution in [0, 0.1) is 5.82 Å². The summed E-state index contributed by atoms with van der Waals surface area (Å²) in [7, 11) is 1.57. The van der Waals surface area contributed by atoms with E-state index in [1.54, 1.807) is 14.0 Å². The van der Waals surface area contributed by atoms with Crippen LogP contribution in [0.25, 0.3) is 0 Å². The number of methoxy groups -OCH3 is 1. The Hall–Kier alpha value is -1.21. The van der Waals surface area contributed by atoms with E-state index < -0.39 is 18.0 Å². The molecule has 0 aromatic heterocycles. The normalized spacial score (nSPS) is 15.5. The maximum absolute atomic E-state index is 13.2. The van der Waals surface area contributed by atoms with Crippen molar-refractivity contribution in [2.24, 2.45) is 0 Å². The number of benzene rings is 1. The fourth-order valence-corrected chi connectivity index (χ4v) is 1.77. The van der Waals surface area contributed by atoms with Crippen LogP contribution in [0.5, 0.6) is 5.75 Å². The second kappa shape index (κ2) is 8.94. The molecule has 0 amide bonds. The predicted octanol–water partition coefficient (Wildman–Crippen LogP) is 1.67. The Morgan fingerprint density at radius 2 is 1.86 bits per heavy atom. The van der Waals surface area contributed by atoms with Crippen LogP contribution in [0.15, 0.2) is 18.2 Å². The van der Waals surface area contributed by atoms with Gasteiger partial charge in [-0.25, -0.2) is 4.39 Å². The van der Waals surface area contributed by atoms with Gasteiger partial charge in [0.15, 0.2) is 0 Å². The molecule has 1 rings (SSSR count). The van der Waals surface area contributed by atoms with E-state index in [4.69, 9.17) is 14.2 Å². The molecular formula is C15H23FO5. The van der Waals surface area contributed by atoms with E-state index in [-0.39, 0.29) is 25.1 Å². The lowest BCUT2D eigenvalue weighted by Crippen LogP contribution is -2.27. The molecule has 0 aliphatic heterocycles. The lowest BCUT2D eigenvalue weighted by atomic mass is 10.1. The maximum atomic E-state index is 13.2. The van der Waals surface area contributed by atoms with Crippen LogP contribution >= 0.6 is 0 Å². The molecule has 0 aliphatic rings. The number of aliphatic hydroxyl groups is 2. The summed E-state index contributed by atoms with van der Waals surface area (Å²) in [5, 5.41) is 19.4. The smallest absolute Gasteiger partial charge is 0.128 e. The summed E-state index contributed by atoms with van der Waals surface area (Å²) in [4.78, 5) is 0. The van der Waals surface area contributed by atoms with Gasteiger partial charge in [-0.3, -0.25) is 0 Å². The summed E-state index contributed by atoms with van der Waals surface area (Å²) < 4.78 is 28.9. The number of hydrogen-bond donors (Lipinski definition) is 2. The minimum atomic E-state index is -0.852. The first-order valence-electron chi connectivity index (χ1n) is 6.83. The molecule has 6 heteroatoms. The van der Waals surface area contributed by atoms with Crippen molar-refractivity contribution in [1.82, 2.24) is 0 Å². The van der Waals surface area contributed by atoms with Crippen molar-refractivity contribution < 1.29 is 28.8 Å². The third-order valence-electron chi connectivity index (χ3n) is 2.83. The van der Waals surface area contributed by atoms with Crippen LogP contribution in [0.4, 0.5) is 4.39 Å². The third kappa shape index (κ3) is 6.39. The SMILES string of the molecule is COCC(C)OCC(O)COc1cc(F)ccc1[C@@H](C)O. The molecule has 0 spiro atoms. The largest absolute Gasteiger partial charge is 0.490 e. The second-order valence-electron chi connectivity index (χ2n) is 4.92. The van der Waals surface area contributed by atoms with E-state index in [2.05, 4.69) is 0 Å². The Morgan fingerprint density at radius 1 is 1.14 bits per heavy atom. The highest BCUT2D eigenvalue weighted by molar-refractivity contribution is 5.35. The Morgan fingerprint density at radius 3 is 2.48 bits per heavy atom. The van der Waals surface area contributed by atoms with Gasteiger partial charge < -0.3 is 24.4 Å². The summed E-state index contributed by atoms with van der Waals surface area (Å²) in [5.41, 5.74) is 0.470. The van der Waals surface area contributed by atoms with E-state index in [1.165, 1.54) is 18.2 Å². The molecule has 5 nitrogen and oxygen atoms in total. The van der Waals surface area contributed by atoms with E-state index in [9.17, 15) is 14.6 Å². The van der Waals surface area contributed by atoms with Crippen molar-refractivity contribution in [3.63, 3.8) is 0 Å². The highest BCUT2D eigenvalue weighted by atomic mass is 19.1. The minimum absolute atomic E-state index is 0.0527. The molecule has 0 saturated carbocycles. The molecule has 0 heterocycles. The van der Waals surface area contributed by atoms with Crippen LogP contribution in [-0.4, -0.2) is 49.4 Å². The van der Waals surface area contributed by atoms with Gasteiger partial charge in [0.05, 0.1) is 25.4 Å². The van der Waals surface area contributed by atoms with Crippen LogP contribution < -0.4 is 4.74 Å². The average molecular weight is 302 g/mol. The number of aliphatic hydroxyl groups excluding tert-OH is 2. The molecule has 2 unspecified atom stereocenters. The zero-order valence-corrected chi connectivity index (χ0v) is 12.6. The van der Waals surface area contributed by atoms with Crippen molar-refractivity contribution in [2.75, 3.05) is 26.9 Å². The number of ether oxygens (including phenoxy) is 3. The van der Waals surface area contributed by atoms with Gasteiger partial charge in [-0.2, -0.15) is 0 Å². The van der Waals surface area contributed by atoms with Crippen molar-refractivity contribution >= 4 is 0 Å². The Balaban J connectivity index is 2.49. The van der Waals surface area contributed by atoms with Crippen molar-refractivity contribution in [1.29, 1.82) is 0 Å². The topological polar surface area (TPSA) is 68.2 Å². The Bertz CT molecular complexity index is 425. The van der Waals surface area contributed by atoms with Crippen molar-refractivity contribution in [2.45, 2.75) is 32.2 Å². The van der Waals surface area contributed by atoms with Crippen molar-refractivity contribution in [3.8, 4) is 5.75 Å². The quantitative estimate of drug-likeness (QED) is 0.726. The zero-order chi connectivity index (χ0) is 15.8. The van der Waals surface area contributed by atoms with Crippen LogP contribution in [0.3, 0.4) is 0 Å². The summed E-state index contributed by atoms with van der Waals surface area (Å²) in [6.45, 7) is 3.86. The monoisotopic (exact) mass is 302 g/mol. The first-order valence-corrected chi connectivity index (χ1v) is 6.83. The number of rotatable bonds is 9. The molecule has 21 heavy (non-hydrogen) atoms. The highest BCUT2D eigenvalue weighted by Gasteiger charge is 2.13. The van der Waals surface area contributed by atoms with Gasteiger partial charge in [0.25, 0.3) is 0 Å². The van der Waals surface area contributed by atoms with E-state index in [0.717, 1.165) is 0 Å². The first-order chi connectivity index (χ1) is 9.93. The first kappa shape index (κ1) is 17.8. The average Bonchev–Trinajstić information content (AvgIpc) is 2.43. The standard InChI is InChI=1S/C15H23FO5/c1-10(7-19-3)20-8-13(18)9-21-15-6-12(16)4-5-14(15)11(2)17/h4-6,10-11,13,17-18H,7-9H2,1-3H3/t10?,11-,13?/m1/s1. The van der Waals surface area contributed by atoms with Crippen molar-refractivity contribution in [3.05, 3.63) is 29.6 Å². The lowest BCUT2D eigenvalue weighted by Gasteiger charge is -2.18. The summed E-state index contributed by atoms with van der Waals surface area (Å²) in [5.74, 6) is -0.247. The Labute approximate surface area is 124 Å². The fourth-order valence-electron chi connectivity index (χ4n) is 1.77. The van der Waals surface area contributed by atoms with Crippen LogP contribution in [0.1, 0.15) is 25.5 Å². The molecule has 0 radical (unpaired) electrons. The number of hydrogen-bond acceptors (Lipinski definition) is 5.